The first-order valence-corrected chi connectivity index (χ1v) is 7.36. The standard InChI is InChI=1S/C16H13ClN4O3/c1-21-14(19-16(23)13-3-2-8-24-13)9-12(20-21)15(22)18-11-6-4-10(17)5-7-11/h2-9H,1H3,(H,18,22)(H,19,23). The summed E-state index contributed by atoms with van der Waals surface area (Å²) in [6.07, 6.45) is 1.41. The second-order valence-electron chi connectivity index (χ2n) is 4.93. The van der Waals surface area contributed by atoms with Crippen molar-refractivity contribution >= 4 is 34.9 Å². The molecule has 0 fully saturated rings. The number of anilines is 2. The van der Waals surface area contributed by atoms with Crippen LogP contribution in [0.3, 0.4) is 0 Å². The number of hydrogen-bond acceptors (Lipinski definition) is 4. The second kappa shape index (κ2) is 6.59. The molecule has 2 N–H and O–H groups in total. The van der Waals surface area contributed by atoms with Gasteiger partial charge in [-0.3, -0.25) is 14.3 Å². The van der Waals surface area contributed by atoms with E-state index >= 15 is 0 Å². The smallest absolute Gasteiger partial charge is 0.292 e. The molecule has 0 aliphatic heterocycles. The Morgan fingerprint density at radius 2 is 1.88 bits per heavy atom. The minimum atomic E-state index is -0.423. The minimum absolute atomic E-state index is 0.169. The van der Waals surface area contributed by atoms with Gasteiger partial charge in [0.1, 0.15) is 5.82 Å². The van der Waals surface area contributed by atoms with Crippen molar-refractivity contribution in [1.29, 1.82) is 0 Å². The number of benzene rings is 1. The van der Waals surface area contributed by atoms with Gasteiger partial charge in [-0.05, 0) is 36.4 Å². The molecule has 0 unspecified atom stereocenters. The van der Waals surface area contributed by atoms with E-state index in [2.05, 4.69) is 15.7 Å². The average Bonchev–Trinajstić information content (AvgIpc) is 3.20. The molecule has 8 heteroatoms. The predicted molar refractivity (Wildman–Crippen MR) is 89.3 cm³/mol. The molecule has 2 aromatic heterocycles. The quantitative estimate of drug-likeness (QED) is 0.760. The van der Waals surface area contributed by atoms with Gasteiger partial charge < -0.3 is 15.1 Å². The molecule has 2 heterocycles. The molecule has 24 heavy (non-hydrogen) atoms. The Morgan fingerprint density at radius 3 is 2.54 bits per heavy atom. The maximum Gasteiger partial charge on any atom is 0.292 e. The largest absolute Gasteiger partial charge is 0.459 e. The molecule has 0 saturated heterocycles. The summed E-state index contributed by atoms with van der Waals surface area (Å²) in [5, 5.41) is 10.0. The van der Waals surface area contributed by atoms with Gasteiger partial charge >= 0.3 is 0 Å². The summed E-state index contributed by atoms with van der Waals surface area (Å²) in [6.45, 7) is 0. The van der Waals surface area contributed by atoms with Gasteiger partial charge in [-0.25, -0.2) is 0 Å². The highest BCUT2D eigenvalue weighted by Crippen LogP contribution is 2.16. The second-order valence-corrected chi connectivity index (χ2v) is 5.37. The number of amides is 2. The van der Waals surface area contributed by atoms with Crippen LogP contribution in [0.4, 0.5) is 11.5 Å². The van der Waals surface area contributed by atoms with E-state index in [4.69, 9.17) is 16.0 Å². The molecular formula is C16H13ClN4O3. The summed E-state index contributed by atoms with van der Waals surface area (Å²) < 4.78 is 6.42. The van der Waals surface area contributed by atoms with Gasteiger partial charge in [-0.2, -0.15) is 5.10 Å². The van der Waals surface area contributed by atoms with Gasteiger partial charge in [0, 0.05) is 23.8 Å². The molecule has 0 aliphatic carbocycles. The van der Waals surface area contributed by atoms with E-state index in [-0.39, 0.29) is 11.5 Å². The van der Waals surface area contributed by atoms with E-state index in [0.717, 1.165) is 0 Å². The zero-order valence-electron chi connectivity index (χ0n) is 12.6. The first-order valence-electron chi connectivity index (χ1n) is 6.99. The monoisotopic (exact) mass is 344 g/mol. The number of hydrogen-bond donors (Lipinski definition) is 2. The fourth-order valence-electron chi connectivity index (χ4n) is 2.01. The van der Waals surface area contributed by atoms with Crippen LogP contribution in [0.2, 0.25) is 5.02 Å². The lowest BCUT2D eigenvalue weighted by Crippen LogP contribution is -2.13. The van der Waals surface area contributed by atoms with Gasteiger partial charge in [-0.1, -0.05) is 11.6 Å². The van der Waals surface area contributed by atoms with Gasteiger partial charge in [0.2, 0.25) is 0 Å². The number of nitrogens with one attached hydrogen (secondary N) is 2. The fourth-order valence-corrected chi connectivity index (χ4v) is 2.14. The molecule has 0 atom stereocenters. The van der Waals surface area contributed by atoms with Crippen LogP contribution in [0.25, 0.3) is 0 Å². The lowest BCUT2D eigenvalue weighted by Gasteiger charge is -2.02. The zero-order chi connectivity index (χ0) is 17.1. The van der Waals surface area contributed by atoms with Gasteiger partial charge in [0.05, 0.1) is 6.26 Å². The molecule has 0 saturated carbocycles. The van der Waals surface area contributed by atoms with Crippen molar-refractivity contribution in [2.45, 2.75) is 0 Å². The lowest BCUT2D eigenvalue weighted by atomic mass is 10.3. The molecule has 3 rings (SSSR count). The van der Waals surface area contributed by atoms with Crippen LogP contribution in [0, 0.1) is 0 Å². The zero-order valence-corrected chi connectivity index (χ0v) is 13.4. The Kier molecular flexibility index (Phi) is 4.35. The van der Waals surface area contributed by atoms with Gasteiger partial charge in [0.15, 0.2) is 11.5 Å². The highest BCUT2D eigenvalue weighted by molar-refractivity contribution is 6.30. The highest BCUT2D eigenvalue weighted by Gasteiger charge is 2.16. The van der Waals surface area contributed by atoms with E-state index in [1.54, 1.807) is 43.4 Å². The number of furan rings is 1. The van der Waals surface area contributed by atoms with Gasteiger partial charge in [0.25, 0.3) is 11.8 Å². The van der Waals surface area contributed by atoms with Crippen LogP contribution < -0.4 is 10.6 Å². The molecule has 0 radical (unpaired) electrons. The van der Waals surface area contributed by atoms with Crippen LogP contribution in [-0.4, -0.2) is 21.6 Å². The molecule has 3 aromatic rings. The van der Waals surface area contributed by atoms with Crippen molar-refractivity contribution in [1.82, 2.24) is 9.78 Å². The summed E-state index contributed by atoms with van der Waals surface area (Å²) in [6, 6.07) is 11.3. The number of carbonyl (C=O) groups excluding carboxylic acids is 2. The third-order valence-electron chi connectivity index (χ3n) is 3.20. The van der Waals surface area contributed by atoms with Crippen molar-refractivity contribution in [2.24, 2.45) is 7.05 Å². The molecule has 7 nitrogen and oxygen atoms in total. The van der Waals surface area contributed by atoms with Crippen LogP contribution in [0.5, 0.6) is 0 Å². The van der Waals surface area contributed by atoms with E-state index < -0.39 is 11.8 Å². The summed E-state index contributed by atoms with van der Waals surface area (Å²) in [7, 11) is 1.62. The van der Waals surface area contributed by atoms with Gasteiger partial charge in [-0.15, -0.1) is 0 Å². The van der Waals surface area contributed by atoms with E-state index in [9.17, 15) is 9.59 Å². The first kappa shape index (κ1) is 15.8. The SMILES string of the molecule is Cn1nc(C(=O)Nc2ccc(Cl)cc2)cc1NC(=O)c1ccco1. The van der Waals surface area contributed by atoms with Crippen molar-refractivity contribution in [3.8, 4) is 0 Å². The topological polar surface area (TPSA) is 89.2 Å². The summed E-state index contributed by atoms with van der Waals surface area (Å²) in [5.41, 5.74) is 0.762. The molecule has 0 spiro atoms. The Bertz CT molecular complexity index is 869. The number of carbonyl (C=O) groups is 2. The normalized spacial score (nSPS) is 10.4. The van der Waals surface area contributed by atoms with Crippen LogP contribution in [-0.2, 0) is 7.05 Å². The first-order chi connectivity index (χ1) is 11.5. The Hall–Kier alpha value is -3.06. The number of rotatable bonds is 4. The Labute approximate surface area is 142 Å². The number of nitrogens with zero attached hydrogens (tertiary/aromatic N) is 2. The van der Waals surface area contributed by atoms with E-state index in [1.165, 1.54) is 17.0 Å². The summed E-state index contributed by atoms with van der Waals surface area (Å²) >= 11 is 5.80. The van der Waals surface area contributed by atoms with E-state index in [0.29, 0.717) is 16.5 Å². The number of aromatic nitrogens is 2. The third-order valence-corrected chi connectivity index (χ3v) is 3.45. The molecule has 122 valence electrons. The van der Waals surface area contributed by atoms with Crippen LogP contribution in [0.15, 0.2) is 53.1 Å². The van der Waals surface area contributed by atoms with Crippen molar-refractivity contribution in [3.63, 3.8) is 0 Å². The molecular weight excluding hydrogens is 332 g/mol. The lowest BCUT2D eigenvalue weighted by molar-refractivity contribution is 0.0993. The Balaban J connectivity index is 1.72. The average molecular weight is 345 g/mol. The third kappa shape index (κ3) is 3.47. The summed E-state index contributed by atoms with van der Waals surface area (Å²) in [5.74, 6) is -0.278. The highest BCUT2D eigenvalue weighted by atomic mass is 35.5. The van der Waals surface area contributed by atoms with Crippen LogP contribution >= 0.6 is 11.6 Å². The number of halogens is 1. The van der Waals surface area contributed by atoms with E-state index in [1.807, 2.05) is 0 Å². The number of aryl methyl sites for hydroxylation is 1. The molecule has 2 amide bonds. The fraction of sp³-hybridized carbons (Fsp3) is 0.0625. The van der Waals surface area contributed by atoms with Crippen molar-refractivity contribution < 1.29 is 14.0 Å². The molecule has 1 aromatic carbocycles. The maximum absolute atomic E-state index is 12.2. The minimum Gasteiger partial charge on any atom is -0.459 e. The maximum atomic E-state index is 12.2. The van der Waals surface area contributed by atoms with Crippen molar-refractivity contribution in [2.75, 3.05) is 10.6 Å². The van der Waals surface area contributed by atoms with Crippen molar-refractivity contribution in [3.05, 3.63) is 65.2 Å². The Morgan fingerprint density at radius 1 is 1.12 bits per heavy atom. The predicted octanol–water partition coefficient (Wildman–Crippen LogP) is 3.17. The molecule has 0 bridgehead atoms. The summed E-state index contributed by atoms with van der Waals surface area (Å²) in [4.78, 5) is 24.2. The molecule has 0 aliphatic rings. The van der Waals surface area contributed by atoms with Crippen LogP contribution in [0.1, 0.15) is 21.0 Å².